The van der Waals surface area contributed by atoms with E-state index in [9.17, 15) is 4.39 Å². The fraction of sp³-hybridized carbons (Fsp3) is 0. The molecular weight excluding hydrogens is 189 g/mol. The van der Waals surface area contributed by atoms with Crippen LogP contribution in [0.2, 0.25) is 0 Å². The summed E-state index contributed by atoms with van der Waals surface area (Å²) < 4.78 is 11.9. The van der Waals surface area contributed by atoms with Crippen LogP contribution in [0.15, 0.2) is 48.5 Å². The standard InChI is InChI=1S/C7H4N.C6H4F/c8-6-7-4-2-1-3-5-7;7-6-4-2-1-3-5-6/h2-5H;2-5H. The molecule has 2 aromatic carbocycles. The van der Waals surface area contributed by atoms with Crippen LogP contribution in [0.25, 0.3) is 0 Å². The zero-order valence-corrected chi connectivity index (χ0v) is 7.94. The van der Waals surface area contributed by atoms with Gasteiger partial charge >= 0.3 is 0 Å². The maximum absolute atomic E-state index is 11.9. The molecule has 2 radical (unpaired) electrons. The largest absolute Gasteiger partial charge is 0.207 e. The molecule has 0 bridgehead atoms. The lowest BCUT2D eigenvalue weighted by Crippen LogP contribution is -1.66. The maximum Gasteiger partial charge on any atom is 0.123 e. The first-order valence-electron chi connectivity index (χ1n) is 4.31. The second-order valence-corrected chi connectivity index (χ2v) is 2.62. The highest BCUT2D eigenvalue weighted by molar-refractivity contribution is 5.26. The molecule has 0 spiro atoms. The van der Waals surface area contributed by atoms with E-state index in [0.717, 1.165) is 0 Å². The zero-order valence-electron chi connectivity index (χ0n) is 7.94. The molecule has 0 unspecified atom stereocenters. The molecule has 2 heteroatoms. The Balaban J connectivity index is 0.000000151. The molecule has 0 saturated heterocycles. The molecule has 0 heterocycles. The van der Waals surface area contributed by atoms with Crippen molar-refractivity contribution in [1.29, 1.82) is 5.26 Å². The van der Waals surface area contributed by atoms with Crippen molar-refractivity contribution in [3.8, 4) is 6.07 Å². The number of hydrogen-bond acceptors (Lipinski definition) is 1. The molecule has 72 valence electrons. The number of halogens is 1. The van der Waals surface area contributed by atoms with Crippen LogP contribution in [-0.4, -0.2) is 0 Å². The van der Waals surface area contributed by atoms with Gasteiger partial charge in [0.25, 0.3) is 0 Å². The summed E-state index contributed by atoms with van der Waals surface area (Å²) in [6.45, 7) is 0. The lowest BCUT2D eigenvalue weighted by molar-refractivity contribution is 0.628. The van der Waals surface area contributed by atoms with E-state index in [4.69, 9.17) is 5.26 Å². The van der Waals surface area contributed by atoms with Crippen molar-refractivity contribution in [2.75, 3.05) is 0 Å². The van der Waals surface area contributed by atoms with Gasteiger partial charge in [0, 0.05) is 0 Å². The minimum absolute atomic E-state index is 0.209. The first kappa shape index (κ1) is 10.9. The SMILES string of the molecule is Fc1cc[c]cc1.N#Cc1cc[c]cc1. The topological polar surface area (TPSA) is 23.8 Å². The Kier molecular flexibility index (Phi) is 4.62. The van der Waals surface area contributed by atoms with Gasteiger partial charge in [-0.3, -0.25) is 0 Å². The molecule has 0 aliphatic heterocycles. The predicted octanol–water partition coefficient (Wildman–Crippen LogP) is 2.98. The van der Waals surface area contributed by atoms with Gasteiger partial charge in [-0.25, -0.2) is 4.39 Å². The van der Waals surface area contributed by atoms with E-state index in [-0.39, 0.29) is 5.82 Å². The van der Waals surface area contributed by atoms with Gasteiger partial charge < -0.3 is 0 Å². The summed E-state index contributed by atoms with van der Waals surface area (Å²) in [6.07, 6.45) is 0. The smallest absolute Gasteiger partial charge is 0.123 e. The van der Waals surface area contributed by atoms with Crippen LogP contribution in [0.1, 0.15) is 5.56 Å². The number of rotatable bonds is 0. The van der Waals surface area contributed by atoms with E-state index in [0.29, 0.717) is 5.56 Å². The molecular formula is C13H8FN. The lowest BCUT2D eigenvalue weighted by atomic mass is 10.2. The average molecular weight is 197 g/mol. The summed E-state index contributed by atoms with van der Waals surface area (Å²) in [5.41, 5.74) is 0.684. The molecule has 1 nitrogen and oxygen atoms in total. The molecule has 0 aliphatic rings. The van der Waals surface area contributed by atoms with Crippen LogP contribution in [0, 0.1) is 29.3 Å². The minimum Gasteiger partial charge on any atom is -0.207 e. The van der Waals surface area contributed by atoms with E-state index in [1.165, 1.54) is 24.3 Å². The van der Waals surface area contributed by atoms with Gasteiger partial charge in [0.2, 0.25) is 0 Å². The quantitative estimate of drug-likeness (QED) is 0.637. The number of nitrogens with zero attached hydrogens (tertiary/aromatic N) is 1. The average Bonchev–Trinajstić information content (AvgIpc) is 2.32. The summed E-state index contributed by atoms with van der Waals surface area (Å²) in [7, 11) is 0. The van der Waals surface area contributed by atoms with Crippen LogP contribution in [0.3, 0.4) is 0 Å². The van der Waals surface area contributed by atoms with Crippen LogP contribution >= 0.6 is 0 Å². The molecule has 2 aromatic rings. The summed E-state index contributed by atoms with van der Waals surface area (Å²) in [6, 6.07) is 20.2. The Hall–Kier alpha value is -2.14. The maximum atomic E-state index is 11.9. The highest BCUT2D eigenvalue weighted by atomic mass is 19.1. The molecule has 0 aromatic heterocycles. The molecule has 0 saturated carbocycles. The van der Waals surface area contributed by atoms with Gasteiger partial charge in [-0.1, -0.05) is 24.3 Å². The molecule has 0 amide bonds. The molecule has 0 aliphatic carbocycles. The zero-order chi connectivity index (χ0) is 10.9. The number of nitriles is 1. The molecule has 0 atom stereocenters. The van der Waals surface area contributed by atoms with Crippen LogP contribution in [-0.2, 0) is 0 Å². The second kappa shape index (κ2) is 6.33. The Morgan fingerprint density at radius 1 is 0.933 bits per heavy atom. The van der Waals surface area contributed by atoms with Gasteiger partial charge in [0.05, 0.1) is 11.6 Å². The minimum atomic E-state index is -0.209. The van der Waals surface area contributed by atoms with E-state index in [1.54, 1.807) is 24.3 Å². The van der Waals surface area contributed by atoms with Crippen LogP contribution in [0.5, 0.6) is 0 Å². The number of hydrogen-bond donors (Lipinski definition) is 0. The van der Waals surface area contributed by atoms with Gasteiger partial charge in [-0.2, -0.15) is 5.26 Å². The summed E-state index contributed by atoms with van der Waals surface area (Å²) in [5, 5.41) is 8.27. The van der Waals surface area contributed by atoms with Gasteiger partial charge in [-0.15, -0.1) is 0 Å². The van der Waals surface area contributed by atoms with E-state index >= 15 is 0 Å². The third kappa shape index (κ3) is 4.58. The monoisotopic (exact) mass is 197 g/mol. The van der Waals surface area contributed by atoms with Crippen molar-refractivity contribution in [3.05, 3.63) is 72.0 Å². The van der Waals surface area contributed by atoms with Crippen molar-refractivity contribution in [2.45, 2.75) is 0 Å². The Labute approximate surface area is 88.4 Å². The van der Waals surface area contributed by atoms with Gasteiger partial charge in [-0.05, 0) is 36.4 Å². The normalized spacial score (nSPS) is 8.27. The molecule has 2 rings (SSSR count). The van der Waals surface area contributed by atoms with Crippen molar-refractivity contribution < 1.29 is 4.39 Å². The van der Waals surface area contributed by atoms with Crippen LogP contribution < -0.4 is 0 Å². The third-order valence-electron chi connectivity index (χ3n) is 1.52. The molecule has 15 heavy (non-hydrogen) atoms. The Morgan fingerprint density at radius 2 is 1.40 bits per heavy atom. The van der Waals surface area contributed by atoms with E-state index < -0.39 is 0 Å². The van der Waals surface area contributed by atoms with Crippen molar-refractivity contribution in [1.82, 2.24) is 0 Å². The first-order valence-corrected chi connectivity index (χ1v) is 4.31. The first-order chi connectivity index (χ1) is 7.33. The summed E-state index contributed by atoms with van der Waals surface area (Å²) in [4.78, 5) is 0. The van der Waals surface area contributed by atoms with Crippen molar-refractivity contribution >= 4 is 0 Å². The molecule has 0 N–H and O–H groups in total. The highest BCUT2D eigenvalue weighted by Gasteiger charge is 1.80. The predicted molar refractivity (Wildman–Crippen MR) is 55.2 cm³/mol. The lowest BCUT2D eigenvalue weighted by Gasteiger charge is -1.79. The van der Waals surface area contributed by atoms with E-state index in [2.05, 4.69) is 12.1 Å². The van der Waals surface area contributed by atoms with Gasteiger partial charge in [0.15, 0.2) is 0 Å². The van der Waals surface area contributed by atoms with E-state index in [1.807, 2.05) is 6.07 Å². The third-order valence-corrected chi connectivity index (χ3v) is 1.52. The second-order valence-electron chi connectivity index (χ2n) is 2.62. The number of benzene rings is 2. The Morgan fingerprint density at radius 3 is 1.67 bits per heavy atom. The summed E-state index contributed by atoms with van der Waals surface area (Å²) >= 11 is 0. The van der Waals surface area contributed by atoms with Crippen LogP contribution in [0.4, 0.5) is 4.39 Å². The van der Waals surface area contributed by atoms with Crippen molar-refractivity contribution in [2.24, 2.45) is 0 Å². The highest BCUT2D eigenvalue weighted by Crippen LogP contribution is 1.92. The fourth-order valence-electron chi connectivity index (χ4n) is 0.828. The van der Waals surface area contributed by atoms with Gasteiger partial charge in [0.1, 0.15) is 5.82 Å². The molecule has 0 fully saturated rings. The fourth-order valence-corrected chi connectivity index (χ4v) is 0.828. The summed E-state index contributed by atoms with van der Waals surface area (Å²) in [5.74, 6) is -0.209. The Bertz CT molecular complexity index is 417. The van der Waals surface area contributed by atoms with Crippen molar-refractivity contribution in [3.63, 3.8) is 0 Å².